The number of aromatic nitrogens is 2. The van der Waals surface area contributed by atoms with Crippen molar-refractivity contribution in [2.75, 3.05) is 27.0 Å². The quantitative estimate of drug-likeness (QED) is 0.475. The molecule has 9 nitrogen and oxygen atoms in total. The van der Waals surface area contributed by atoms with E-state index in [-0.39, 0.29) is 44.2 Å². The second-order valence-corrected chi connectivity index (χ2v) is 9.98. The number of piperidine rings is 1. The molecule has 1 saturated heterocycles. The number of carbonyl (C=O) groups excluding carboxylic acids is 1. The topological polar surface area (TPSA) is 103 Å². The normalized spacial score (nSPS) is 15.6. The fourth-order valence-electron chi connectivity index (χ4n) is 4.46. The second kappa shape index (κ2) is 9.97. The van der Waals surface area contributed by atoms with E-state index in [0.29, 0.717) is 16.5 Å². The van der Waals surface area contributed by atoms with Crippen LogP contribution in [0.1, 0.15) is 39.2 Å². The molecule has 0 bridgehead atoms. The van der Waals surface area contributed by atoms with Crippen molar-refractivity contribution in [3.63, 3.8) is 0 Å². The van der Waals surface area contributed by atoms with E-state index in [1.807, 2.05) is 0 Å². The fourth-order valence-corrected chi connectivity index (χ4v) is 4.46. The van der Waals surface area contributed by atoms with Crippen LogP contribution in [-0.2, 0) is 19.7 Å². The number of amides is 1. The van der Waals surface area contributed by atoms with Gasteiger partial charge in [0.15, 0.2) is 18.4 Å². The molecule has 1 amide bonds. The monoisotopic (exact) mass is 517 g/mol. The standard InChI is InChI=1S/C26H29F2N3O6/c1-25(2,3)37-24(34)30-9-7-26(8-10-30,23(32)33)17-5-6-20-16(11-17)14-29-31(20)18-12-19(27)22(28)21(13-18)36-15-35-4/h5-6,11-14H,7-10,15H2,1-4H3,(H,32,33). The summed E-state index contributed by atoms with van der Waals surface area (Å²) in [5, 5.41) is 15.1. The Morgan fingerprint density at radius 3 is 2.46 bits per heavy atom. The van der Waals surface area contributed by atoms with E-state index in [9.17, 15) is 23.5 Å². The molecule has 11 heteroatoms. The highest BCUT2D eigenvalue weighted by atomic mass is 19.2. The molecule has 37 heavy (non-hydrogen) atoms. The number of carbonyl (C=O) groups is 2. The van der Waals surface area contributed by atoms with Gasteiger partial charge >= 0.3 is 12.1 Å². The van der Waals surface area contributed by atoms with Gasteiger partial charge in [-0.2, -0.15) is 9.49 Å². The van der Waals surface area contributed by atoms with Crippen LogP contribution in [0.25, 0.3) is 16.6 Å². The number of likely N-dealkylation sites (tertiary alicyclic amines) is 1. The Morgan fingerprint density at radius 1 is 1.14 bits per heavy atom. The van der Waals surface area contributed by atoms with Crippen molar-refractivity contribution in [3.8, 4) is 11.4 Å². The van der Waals surface area contributed by atoms with Crippen molar-refractivity contribution < 1.29 is 37.7 Å². The second-order valence-electron chi connectivity index (χ2n) is 9.98. The highest BCUT2D eigenvalue weighted by Gasteiger charge is 2.44. The Kier molecular flexibility index (Phi) is 7.09. The molecule has 1 aromatic heterocycles. The zero-order valence-electron chi connectivity index (χ0n) is 21.1. The first-order valence-corrected chi connectivity index (χ1v) is 11.8. The lowest BCUT2D eigenvalue weighted by atomic mass is 9.72. The molecule has 0 aliphatic carbocycles. The van der Waals surface area contributed by atoms with E-state index in [1.54, 1.807) is 39.0 Å². The number of methoxy groups -OCH3 is 1. The summed E-state index contributed by atoms with van der Waals surface area (Å²) >= 11 is 0. The molecular weight excluding hydrogens is 488 g/mol. The lowest BCUT2D eigenvalue weighted by Crippen LogP contribution is -2.50. The summed E-state index contributed by atoms with van der Waals surface area (Å²) < 4.78 is 45.1. The van der Waals surface area contributed by atoms with Gasteiger partial charge in [0, 0.05) is 37.7 Å². The number of benzene rings is 2. The number of hydrogen-bond acceptors (Lipinski definition) is 6. The molecule has 0 radical (unpaired) electrons. The third-order valence-corrected chi connectivity index (χ3v) is 6.36. The zero-order valence-corrected chi connectivity index (χ0v) is 21.1. The summed E-state index contributed by atoms with van der Waals surface area (Å²) in [5.41, 5.74) is -0.470. The van der Waals surface area contributed by atoms with Crippen LogP contribution in [0, 0.1) is 11.6 Å². The lowest BCUT2D eigenvalue weighted by molar-refractivity contribution is -0.146. The smallest absolute Gasteiger partial charge is 0.410 e. The molecule has 1 aliphatic rings. The molecule has 2 aromatic carbocycles. The van der Waals surface area contributed by atoms with Gasteiger partial charge in [-0.05, 0) is 51.3 Å². The number of fused-ring (bicyclic) bond motifs is 1. The summed E-state index contributed by atoms with van der Waals surface area (Å²) in [6.45, 7) is 5.54. The van der Waals surface area contributed by atoms with E-state index in [0.717, 1.165) is 6.07 Å². The maximum Gasteiger partial charge on any atom is 0.410 e. The zero-order chi connectivity index (χ0) is 27.0. The first-order chi connectivity index (χ1) is 17.4. The minimum atomic E-state index is -1.20. The van der Waals surface area contributed by atoms with Gasteiger partial charge in [-0.25, -0.2) is 13.9 Å². The van der Waals surface area contributed by atoms with E-state index in [4.69, 9.17) is 14.2 Å². The maximum atomic E-state index is 14.2. The molecule has 3 aromatic rings. The van der Waals surface area contributed by atoms with Crippen molar-refractivity contribution in [2.24, 2.45) is 0 Å². The molecule has 1 fully saturated rings. The molecule has 4 rings (SSSR count). The number of nitrogens with zero attached hydrogens (tertiary/aromatic N) is 3. The molecule has 0 atom stereocenters. The summed E-state index contributed by atoms with van der Waals surface area (Å²) in [7, 11) is 1.36. The van der Waals surface area contributed by atoms with Crippen LogP contribution in [0.3, 0.4) is 0 Å². The predicted octanol–water partition coefficient (Wildman–Crippen LogP) is 4.64. The highest BCUT2D eigenvalue weighted by Crippen LogP contribution is 2.38. The SMILES string of the molecule is COCOc1cc(-n2ncc3cc(C4(C(=O)O)CCN(C(=O)OC(C)(C)C)CC4)ccc32)cc(F)c1F. The molecule has 198 valence electrons. The Labute approximate surface area is 212 Å². The number of carboxylic acids is 1. The first-order valence-electron chi connectivity index (χ1n) is 11.8. The average Bonchev–Trinajstić information content (AvgIpc) is 3.27. The Bertz CT molecular complexity index is 1330. The van der Waals surface area contributed by atoms with Crippen LogP contribution in [0.4, 0.5) is 13.6 Å². The largest absolute Gasteiger partial charge is 0.481 e. The first kappa shape index (κ1) is 26.3. The fraction of sp³-hybridized carbons (Fsp3) is 0.423. The number of rotatable bonds is 6. The minimum absolute atomic E-state index is 0.213. The van der Waals surface area contributed by atoms with Crippen LogP contribution < -0.4 is 4.74 Å². The van der Waals surface area contributed by atoms with E-state index < -0.39 is 34.7 Å². The number of carboxylic acid groups (broad SMARTS) is 1. The van der Waals surface area contributed by atoms with E-state index >= 15 is 0 Å². The van der Waals surface area contributed by atoms with Crippen LogP contribution >= 0.6 is 0 Å². The molecule has 0 saturated carbocycles. The molecule has 1 N–H and O–H groups in total. The molecule has 0 spiro atoms. The summed E-state index contributed by atoms with van der Waals surface area (Å²) in [6, 6.07) is 7.43. The van der Waals surface area contributed by atoms with Crippen molar-refractivity contribution in [2.45, 2.75) is 44.6 Å². The van der Waals surface area contributed by atoms with Gasteiger partial charge < -0.3 is 24.2 Å². The van der Waals surface area contributed by atoms with Crippen molar-refractivity contribution in [1.29, 1.82) is 0 Å². The minimum Gasteiger partial charge on any atom is -0.481 e. The van der Waals surface area contributed by atoms with Gasteiger partial charge in [-0.1, -0.05) is 6.07 Å². The predicted molar refractivity (Wildman–Crippen MR) is 130 cm³/mol. The van der Waals surface area contributed by atoms with Gasteiger partial charge in [-0.3, -0.25) is 4.79 Å². The van der Waals surface area contributed by atoms with Crippen LogP contribution in [0.5, 0.6) is 5.75 Å². The van der Waals surface area contributed by atoms with E-state index in [1.165, 1.54) is 29.0 Å². The summed E-state index contributed by atoms with van der Waals surface area (Å²) in [5.74, 6) is -3.55. The summed E-state index contributed by atoms with van der Waals surface area (Å²) in [6.07, 6.45) is 1.49. The third kappa shape index (κ3) is 5.22. The molecule has 1 aliphatic heterocycles. The number of halogens is 2. The van der Waals surface area contributed by atoms with Gasteiger partial charge in [0.05, 0.1) is 22.8 Å². The third-order valence-electron chi connectivity index (χ3n) is 6.36. The molecular formula is C26H29F2N3O6. The average molecular weight is 518 g/mol. The van der Waals surface area contributed by atoms with Gasteiger partial charge in [0.2, 0.25) is 5.82 Å². The van der Waals surface area contributed by atoms with Crippen LogP contribution in [-0.4, -0.2) is 64.4 Å². The van der Waals surface area contributed by atoms with Gasteiger partial charge in [0.25, 0.3) is 0 Å². The van der Waals surface area contributed by atoms with Crippen molar-refractivity contribution >= 4 is 23.0 Å². The lowest BCUT2D eigenvalue weighted by Gasteiger charge is -2.39. The van der Waals surface area contributed by atoms with Gasteiger partial charge in [-0.15, -0.1) is 0 Å². The van der Waals surface area contributed by atoms with Crippen molar-refractivity contribution in [3.05, 3.63) is 53.7 Å². The Balaban J connectivity index is 1.63. The van der Waals surface area contributed by atoms with E-state index in [2.05, 4.69) is 5.10 Å². The number of hydrogen-bond donors (Lipinski definition) is 1. The van der Waals surface area contributed by atoms with Crippen LogP contribution in [0.15, 0.2) is 36.5 Å². The Hall–Kier alpha value is -3.73. The maximum absolute atomic E-state index is 14.2. The molecule has 0 unspecified atom stereocenters. The Morgan fingerprint density at radius 2 is 1.84 bits per heavy atom. The van der Waals surface area contributed by atoms with Gasteiger partial charge in [0.1, 0.15) is 5.60 Å². The van der Waals surface area contributed by atoms with Crippen LogP contribution in [0.2, 0.25) is 0 Å². The number of aliphatic carboxylic acids is 1. The number of ether oxygens (including phenoxy) is 3. The highest BCUT2D eigenvalue weighted by molar-refractivity contribution is 5.87. The van der Waals surface area contributed by atoms with Crippen molar-refractivity contribution in [1.82, 2.24) is 14.7 Å². The molecule has 2 heterocycles. The summed E-state index contributed by atoms with van der Waals surface area (Å²) in [4.78, 5) is 26.5.